The van der Waals surface area contributed by atoms with Gasteiger partial charge in [-0.15, -0.1) is 11.3 Å². The van der Waals surface area contributed by atoms with Crippen LogP contribution in [0.1, 0.15) is 9.75 Å². The molecule has 17 heavy (non-hydrogen) atoms. The lowest BCUT2D eigenvalue weighted by Crippen LogP contribution is -2.02. The van der Waals surface area contributed by atoms with Crippen LogP contribution in [0.3, 0.4) is 0 Å². The number of nitrogens with one attached hydrogen (secondary N) is 1. The highest BCUT2D eigenvalue weighted by molar-refractivity contribution is 7.11. The van der Waals surface area contributed by atoms with Crippen LogP contribution in [0, 0.1) is 5.82 Å². The van der Waals surface area contributed by atoms with Crippen LogP contribution in [0.25, 0.3) is 0 Å². The van der Waals surface area contributed by atoms with Crippen molar-refractivity contribution in [1.29, 1.82) is 0 Å². The number of ether oxygens (including phenoxy) is 1. The molecular formula is C13H14FNOS. The lowest BCUT2D eigenvalue weighted by molar-refractivity contribution is 0.293. The van der Waals surface area contributed by atoms with Crippen molar-refractivity contribution in [2.45, 2.75) is 13.2 Å². The molecule has 0 aliphatic rings. The smallest absolute Gasteiger partial charge is 0.165 e. The second-order valence-electron chi connectivity index (χ2n) is 3.62. The molecule has 0 fully saturated rings. The quantitative estimate of drug-likeness (QED) is 0.881. The minimum absolute atomic E-state index is 0.302. The largest absolute Gasteiger partial charge is 0.485 e. The van der Waals surface area contributed by atoms with Crippen molar-refractivity contribution in [3.05, 3.63) is 52.0 Å². The van der Waals surface area contributed by atoms with Gasteiger partial charge in [0.15, 0.2) is 11.6 Å². The molecular weight excluding hydrogens is 237 g/mol. The van der Waals surface area contributed by atoms with Gasteiger partial charge in [0.1, 0.15) is 6.61 Å². The third-order valence-electron chi connectivity index (χ3n) is 2.27. The predicted octanol–water partition coefficient (Wildman–Crippen LogP) is 3.19. The summed E-state index contributed by atoms with van der Waals surface area (Å²) in [6.07, 6.45) is 0. The third kappa shape index (κ3) is 3.28. The fourth-order valence-corrected chi connectivity index (χ4v) is 2.42. The molecule has 0 saturated heterocycles. The summed E-state index contributed by atoms with van der Waals surface area (Å²) in [6.45, 7) is 1.26. The van der Waals surface area contributed by atoms with Gasteiger partial charge in [0.25, 0.3) is 0 Å². The van der Waals surface area contributed by atoms with Crippen molar-refractivity contribution in [3.8, 4) is 5.75 Å². The summed E-state index contributed by atoms with van der Waals surface area (Å²) in [5, 5.41) is 3.09. The Balaban J connectivity index is 1.95. The van der Waals surface area contributed by atoms with Crippen molar-refractivity contribution in [3.63, 3.8) is 0 Å². The predicted molar refractivity (Wildman–Crippen MR) is 67.8 cm³/mol. The zero-order chi connectivity index (χ0) is 12.1. The first-order valence-corrected chi connectivity index (χ1v) is 6.21. The first-order chi connectivity index (χ1) is 8.29. The van der Waals surface area contributed by atoms with E-state index in [-0.39, 0.29) is 5.82 Å². The molecule has 0 aliphatic heterocycles. The first kappa shape index (κ1) is 12.1. The maximum Gasteiger partial charge on any atom is 0.165 e. The molecule has 0 unspecified atom stereocenters. The Labute approximate surface area is 104 Å². The van der Waals surface area contributed by atoms with E-state index in [1.54, 1.807) is 29.5 Å². The average molecular weight is 251 g/mol. The minimum atomic E-state index is -0.320. The van der Waals surface area contributed by atoms with E-state index < -0.39 is 0 Å². The SMILES string of the molecule is CNCc1ccc(COc2ccccc2F)s1. The van der Waals surface area contributed by atoms with Gasteiger partial charge in [0.05, 0.1) is 0 Å². The summed E-state index contributed by atoms with van der Waals surface area (Å²) in [4.78, 5) is 2.35. The van der Waals surface area contributed by atoms with Crippen LogP contribution in [0.4, 0.5) is 4.39 Å². The summed E-state index contributed by atoms with van der Waals surface area (Å²) in [7, 11) is 1.91. The minimum Gasteiger partial charge on any atom is -0.485 e. The lowest BCUT2D eigenvalue weighted by Gasteiger charge is -2.04. The van der Waals surface area contributed by atoms with Gasteiger partial charge in [-0.1, -0.05) is 12.1 Å². The Hall–Kier alpha value is -1.39. The van der Waals surface area contributed by atoms with E-state index in [4.69, 9.17) is 4.74 Å². The van der Waals surface area contributed by atoms with Gasteiger partial charge < -0.3 is 10.1 Å². The number of hydrogen-bond donors (Lipinski definition) is 1. The molecule has 0 aliphatic carbocycles. The average Bonchev–Trinajstić information content (AvgIpc) is 2.76. The summed E-state index contributed by atoms with van der Waals surface area (Å²) in [5.41, 5.74) is 0. The highest BCUT2D eigenvalue weighted by atomic mass is 32.1. The van der Waals surface area contributed by atoms with Crippen molar-refractivity contribution >= 4 is 11.3 Å². The maximum absolute atomic E-state index is 13.3. The zero-order valence-corrected chi connectivity index (χ0v) is 10.4. The second kappa shape index (κ2) is 5.80. The molecule has 0 bridgehead atoms. The summed E-state index contributed by atoms with van der Waals surface area (Å²) < 4.78 is 18.7. The first-order valence-electron chi connectivity index (χ1n) is 5.39. The van der Waals surface area contributed by atoms with Crippen LogP contribution < -0.4 is 10.1 Å². The van der Waals surface area contributed by atoms with E-state index in [9.17, 15) is 4.39 Å². The highest BCUT2D eigenvalue weighted by Gasteiger charge is 2.04. The molecule has 0 saturated carbocycles. The molecule has 2 nitrogen and oxygen atoms in total. The number of hydrogen-bond acceptors (Lipinski definition) is 3. The molecule has 4 heteroatoms. The van der Waals surface area contributed by atoms with Gasteiger partial charge in [-0.05, 0) is 31.3 Å². The van der Waals surface area contributed by atoms with Gasteiger partial charge in [-0.2, -0.15) is 0 Å². The number of benzene rings is 1. The second-order valence-corrected chi connectivity index (χ2v) is 4.87. The number of thiophene rings is 1. The Morgan fingerprint density at radius 2 is 1.94 bits per heavy atom. The van der Waals surface area contributed by atoms with E-state index in [0.717, 1.165) is 11.4 Å². The van der Waals surface area contributed by atoms with E-state index in [2.05, 4.69) is 11.4 Å². The fourth-order valence-electron chi connectivity index (χ4n) is 1.48. The molecule has 1 heterocycles. The van der Waals surface area contributed by atoms with Gasteiger partial charge in [-0.25, -0.2) is 4.39 Å². The normalized spacial score (nSPS) is 10.5. The van der Waals surface area contributed by atoms with Crippen molar-refractivity contribution < 1.29 is 9.13 Å². The van der Waals surface area contributed by atoms with E-state index >= 15 is 0 Å². The van der Waals surface area contributed by atoms with Crippen LogP contribution in [0.5, 0.6) is 5.75 Å². The monoisotopic (exact) mass is 251 g/mol. The Morgan fingerprint density at radius 1 is 1.18 bits per heavy atom. The zero-order valence-electron chi connectivity index (χ0n) is 9.57. The molecule has 0 amide bonds. The molecule has 0 radical (unpaired) electrons. The molecule has 2 rings (SSSR count). The molecule has 0 atom stereocenters. The Kier molecular flexibility index (Phi) is 4.12. The number of halogens is 1. The number of para-hydroxylation sites is 1. The molecule has 0 spiro atoms. The summed E-state index contributed by atoms with van der Waals surface area (Å²) in [6, 6.07) is 10.5. The van der Waals surface area contributed by atoms with E-state index in [1.807, 2.05) is 13.1 Å². The van der Waals surface area contributed by atoms with Crippen molar-refractivity contribution in [2.75, 3.05) is 7.05 Å². The van der Waals surface area contributed by atoms with Crippen LogP contribution in [0.15, 0.2) is 36.4 Å². The third-order valence-corrected chi connectivity index (χ3v) is 3.33. The van der Waals surface area contributed by atoms with Gasteiger partial charge in [0.2, 0.25) is 0 Å². The highest BCUT2D eigenvalue weighted by Crippen LogP contribution is 2.21. The summed E-state index contributed by atoms with van der Waals surface area (Å²) in [5.74, 6) is -0.0180. The molecule has 1 N–H and O–H groups in total. The molecule has 1 aromatic heterocycles. The lowest BCUT2D eigenvalue weighted by atomic mass is 10.3. The van der Waals surface area contributed by atoms with Gasteiger partial charge >= 0.3 is 0 Å². The number of rotatable bonds is 5. The van der Waals surface area contributed by atoms with E-state index in [1.165, 1.54) is 10.9 Å². The van der Waals surface area contributed by atoms with Crippen LogP contribution in [-0.2, 0) is 13.2 Å². The molecule has 1 aromatic carbocycles. The van der Waals surface area contributed by atoms with Crippen LogP contribution >= 0.6 is 11.3 Å². The van der Waals surface area contributed by atoms with Gasteiger partial charge in [0, 0.05) is 16.3 Å². The standard InChI is InChI=1S/C13H14FNOS/c1-15-8-10-6-7-11(17-10)9-16-13-5-3-2-4-12(13)14/h2-7,15H,8-9H2,1H3. The van der Waals surface area contributed by atoms with Crippen molar-refractivity contribution in [1.82, 2.24) is 5.32 Å². The van der Waals surface area contributed by atoms with E-state index in [0.29, 0.717) is 12.4 Å². The van der Waals surface area contributed by atoms with Gasteiger partial charge in [-0.3, -0.25) is 0 Å². The molecule has 2 aromatic rings. The maximum atomic E-state index is 13.3. The molecule has 90 valence electrons. The Bertz CT molecular complexity index is 484. The van der Waals surface area contributed by atoms with Crippen LogP contribution in [0.2, 0.25) is 0 Å². The van der Waals surface area contributed by atoms with Crippen molar-refractivity contribution in [2.24, 2.45) is 0 Å². The van der Waals surface area contributed by atoms with Crippen LogP contribution in [-0.4, -0.2) is 7.05 Å². The fraction of sp³-hybridized carbons (Fsp3) is 0.231. The topological polar surface area (TPSA) is 21.3 Å². The Morgan fingerprint density at radius 3 is 2.71 bits per heavy atom. The summed E-state index contributed by atoms with van der Waals surface area (Å²) >= 11 is 1.67.